The van der Waals surface area contributed by atoms with E-state index in [1.807, 2.05) is 0 Å². The van der Waals surface area contributed by atoms with Crippen molar-refractivity contribution < 1.29 is 18.4 Å². The minimum Gasteiger partial charge on any atom is -0.456 e. The van der Waals surface area contributed by atoms with E-state index >= 15 is 0 Å². The molecule has 0 saturated heterocycles. The van der Waals surface area contributed by atoms with Crippen molar-refractivity contribution in [3.05, 3.63) is 63.5 Å². The summed E-state index contributed by atoms with van der Waals surface area (Å²) in [7, 11) is 0. The van der Waals surface area contributed by atoms with Crippen molar-refractivity contribution >= 4 is 38.3 Å². The summed E-state index contributed by atoms with van der Waals surface area (Å²) in [6, 6.07) is 7.55. The highest BCUT2D eigenvalue weighted by Crippen LogP contribution is 2.43. The fourth-order valence-electron chi connectivity index (χ4n) is 3.91. The smallest absolute Gasteiger partial charge is 0.292 e. The summed E-state index contributed by atoms with van der Waals surface area (Å²) < 4.78 is 34.2. The lowest BCUT2D eigenvalue weighted by atomic mass is 9.81. The molecule has 5 rings (SSSR count). The highest BCUT2D eigenvalue weighted by molar-refractivity contribution is 9.10. The first kappa shape index (κ1) is 22.1. The molecular formula is C22H17BrF2N6O3. The van der Waals surface area contributed by atoms with Crippen LogP contribution in [0.4, 0.5) is 20.2 Å². The minimum atomic E-state index is -2.56. The van der Waals surface area contributed by atoms with E-state index in [0.29, 0.717) is 44.8 Å². The standard InChI is InChI=1S/C22H17BrF2N6O3/c23-20-19(34-14-1-3-18(31(32)33)15(26)5-14)4-2-16-21(20)29-17(9-27-16)13-8-28-30(11-13)10-12-6-22(24,25)7-12/h1-5,8-9,11-12H,6-7,10,26H2. The number of rotatable bonds is 6. The number of alkyl halides is 2. The van der Waals surface area contributed by atoms with Gasteiger partial charge < -0.3 is 10.5 Å². The Kier molecular flexibility index (Phi) is 5.39. The number of ether oxygens (including phenoxy) is 1. The second-order valence-corrected chi connectivity index (χ2v) is 8.95. The SMILES string of the molecule is Nc1cc(Oc2ccc3ncc(-c4cnn(CC5CC(F)(F)C5)c4)nc3c2Br)ccc1[N+](=O)[O-]. The Bertz CT molecular complexity index is 1420. The van der Waals surface area contributed by atoms with Crippen LogP contribution >= 0.6 is 15.9 Å². The molecule has 0 radical (unpaired) electrons. The van der Waals surface area contributed by atoms with Gasteiger partial charge in [0, 0.05) is 43.3 Å². The average molecular weight is 531 g/mol. The Labute approximate surface area is 199 Å². The molecule has 9 nitrogen and oxygen atoms in total. The molecule has 2 aromatic heterocycles. The van der Waals surface area contributed by atoms with E-state index in [2.05, 4.69) is 31.0 Å². The quantitative estimate of drug-likeness (QED) is 0.196. The lowest BCUT2D eigenvalue weighted by molar-refractivity contribution is -0.383. The van der Waals surface area contributed by atoms with Crippen LogP contribution in [0.15, 0.2) is 53.4 Å². The van der Waals surface area contributed by atoms with Crippen molar-refractivity contribution in [3.8, 4) is 22.8 Å². The van der Waals surface area contributed by atoms with Crippen LogP contribution in [0.3, 0.4) is 0 Å². The van der Waals surface area contributed by atoms with Gasteiger partial charge in [0.15, 0.2) is 0 Å². The molecule has 0 spiro atoms. The largest absolute Gasteiger partial charge is 0.456 e. The Morgan fingerprint density at radius 2 is 2.06 bits per heavy atom. The zero-order valence-corrected chi connectivity index (χ0v) is 19.1. The third kappa shape index (κ3) is 4.28. The zero-order valence-electron chi connectivity index (χ0n) is 17.5. The molecule has 0 atom stereocenters. The molecule has 0 aliphatic heterocycles. The first-order chi connectivity index (χ1) is 16.2. The van der Waals surface area contributed by atoms with Crippen LogP contribution in [0.2, 0.25) is 0 Å². The maximum Gasteiger partial charge on any atom is 0.292 e. The second kappa shape index (κ2) is 8.28. The molecule has 1 saturated carbocycles. The number of aromatic nitrogens is 4. The Hall–Kier alpha value is -3.67. The van der Waals surface area contributed by atoms with E-state index in [9.17, 15) is 18.9 Å². The van der Waals surface area contributed by atoms with Gasteiger partial charge in [-0.25, -0.2) is 13.8 Å². The van der Waals surface area contributed by atoms with E-state index in [1.54, 1.807) is 35.4 Å². The van der Waals surface area contributed by atoms with Gasteiger partial charge in [-0.05, 0) is 40.0 Å². The maximum atomic E-state index is 13.1. The number of nitrogens with zero attached hydrogens (tertiary/aromatic N) is 5. The highest BCUT2D eigenvalue weighted by Gasteiger charge is 2.45. The van der Waals surface area contributed by atoms with Crippen LogP contribution in [-0.4, -0.2) is 30.6 Å². The molecule has 2 heterocycles. The molecule has 4 aromatic rings. The van der Waals surface area contributed by atoms with E-state index in [0.717, 1.165) is 0 Å². The van der Waals surface area contributed by atoms with Gasteiger partial charge in [0.05, 0.1) is 33.0 Å². The van der Waals surface area contributed by atoms with Crippen molar-refractivity contribution in [1.82, 2.24) is 19.7 Å². The number of hydrogen-bond donors (Lipinski definition) is 1. The summed E-state index contributed by atoms with van der Waals surface area (Å²) in [5, 5.41) is 15.2. The van der Waals surface area contributed by atoms with Crippen LogP contribution in [0.1, 0.15) is 12.8 Å². The van der Waals surface area contributed by atoms with E-state index < -0.39 is 10.8 Å². The van der Waals surface area contributed by atoms with Gasteiger partial charge in [0.2, 0.25) is 5.92 Å². The molecule has 1 aliphatic rings. The number of nitro groups is 1. The normalized spacial score (nSPS) is 15.3. The molecule has 12 heteroatoms. The monoisotopic (exact) mass is 530 g/mol. The van der Waals surface area contributed by atoms with E-state index in [1.165, 1.54) is 18.2 Å². The van der Waals surface area contributed by atoms with Gasteiger partial charge >= 0.3 is 0 Å². The molecule has 1 aliphatic carbocycles. The van der Waals surface area contributed by atoms with Gasteiger partial charge in [-0.15, -0.1) is 0 Å². The number of nitrogens with two attached hydrogens (primary N) is 1. The summed E-state index contributed by atoms with van der Waals surface area (Å²) in [5.74, 6) is -1.90. The number of anilines is 1. The van der Waals surface area contributed by atoms with Crippen molar-refractivity contribution in [2.24, 2.45) is 5.92 Å². The average Bonchev–Trinajstić information content (AvgIpc) is 3.23. The first-order valence-electron chi connectivity index (χ1n) is 10.3. The van der Waals surface area contributed by atoms with Crippen LogP contribution in [0.5, 0.6) is 11.5 Å². The lowest BCUT2D eigenvalue weighted by Crippen LogP contribution is -2.37. The predicted octanol–water partition coefficient (Wildman–Crippen LogP) is 5.58. The molecule has 1 fully saturated rings. The number of benzene rings is 2. The highest BCUT2D eigenvalue weighted by atomic mass is 79.9. The van der Waals surface area contributed by atoms with Crippen molar-refractivity contribution in [2.75, 3.05) is 5.73 Å². The fourth-order valence-corrected chi connectivity index (χ4v) is 4.41. The summed E-state index contributed by atoms with van der Waals surface area (Å²) in [4.78, 5) is 19.5. The Morgan fingerprint density at radius 3 is 2.76 bits per heavy atom. The van der Waals surface area contributed by atoms with Crippen LogP contribution in [0, 0.1) is 16.0 Å². The summed E-state index contributed by atoms with van der Waals surface area (Å²) >= 11 is 3.51. The Balaban J connectivity index is 1.40. The lowest BCUT2D eigenvalue weighted by Gasteiger charge is -2.34. The first-order valence-corrected chi connectivity index (χ1v) is 11.1. The summed E-state index contributed by atoms with van der Waals surface area (Å²) in [5.41, 5.74) is 7.97. The number of fused-ring (bicyclic) bond motifs is 1. The molecule has 2 N–H and O–H groups in total. The predicted molar refractivity (Wildman–Crippen MR) is 124 cm³/mol. The van der Waals surface area contributed by atoms with Gasteiger partial charge in [0.1, 0.15) is 22.7 Å². The molecule has 0 bridgehead atoms. The van der Waals surface area contributed by atoms with E-state index in [4.69, 9.17) is 10.5 Å². The molecule has 2 aromatic carbocycles. The second-order valence-electron chi connectivity index (χ2n) is 8.16. The number of hydrogen-bond acceptors (Lipinski definition) is 7. The van der Waals surface area contributed by atoms with Gasteiger partial charge in [-0.1, -0.05) is 0 Å². The van der Waals surface area contributed by atoms with E-state index in [-0.39, 0.29) is 30.1 Å². The fraction of sp³-hybridized carbons (Fsp3) is 0.227. The Morgan fingerprint density at radius 1 is 1.26 bits per heavy atom. The van der Waals surface area contributed by atoms with Crippen molar-refractivity contribution in [2.45, 2.75) is 25.3 Å². The van der Waals surface area contributed by atoms with Crippen molar-refractivity contribution in [3.63, 3.8) is 0 Å². The van der Waals surface area contributed by atoms with Gasteiger partial charge in [-0.2, -0.15) is 5.10 Å². The molecule has 174 valence electrons. The minimum absolute atomic E-state index is 0.0101. The van der Waals surface area contributed by atoms with Crippen LogP contribution < -0.4 is 10.5 Å². The van der Waals surface area contributed by atoms with Crippen LogP contribution in [-0.2, 0) is 6.54 Å². The topological polar surface area (TPSA) is 122 Å². The third-order valence-electron chi connectivity index (χ3n) is 5.59. The summed E-state index contributed by atoms with van der Waals surface area (Å²) in [6.07, 6.45) is 4.77. The zero-order chi connectivity index (χ0) is 24.0. The number of halogens is 3. The van der Waals surface area contributed by atoms with Gasteiger partial charge in [-0.3, -0.25) is 19.8 Å². The van der Waals surface area contributed by atoms with Crippen molar-refractivity contribution in [1.29, 1.82) is 0 Å². The number of nitro benzene ring substituents is 1. The molecule has 34 heavy (non-hydrogen) atoms. The molecule has 0 unspecified atom stereocenters. The molecular weight excluding hydrogens is 514 g/mol. The van der Waals surface area contributed by atoms with Crippen LogP contribution in [0.25, 0.3) is 22.3 Å². The summed E-state index contributed by atoms with van der Waals surface area (Å²) in [6.45, 7) is 0.427. The van der Waals surface area contributed by atoms with Gasteiger partial charge in [0.25, 0.3) is 5.69 Å². The third-order valence-corrected chi connectivity index (χ3v) is 6.36. The molecule has 0 amide bonds. The number of nitrogen functional groups attached to an aromatic ring is 1. The maximum absolute atomic E-state index is 13.1.